The molecule has 2 aliphatic rings. The van der Waals surface area contributed by atoms with Gasteiger partial charge >= 0.3 is 0 Å². The number of morpholine rings is 1. The van der Waals surface area contributed by atoms with Crippen LogP contribution in [0.3, 0.4) is 0 Å². The van der Waals surface area contributed by atoms with Crippen LogP contribution in [0.4, 0.5) is 5.69 Å². The molecule has 0 saturated carbocycles. The molecule has 2 heterocycles. The fourth-order valence-corrected chi connectivity index (χ4v) is 5.05. The van der Waals surface area contributed by atoms with E-state index in [-0.39, 0.29) is 6.10 Å². The molecule has 0 N–H and O–H groups in total. The van der Waals surface area contributed by atoms with E-state index >= 15 is 0 Å². The van der Waals surface area contributed by atoms with E-state index < -0.39 is 0 Å². The van der Waals surface area contributed by atoms with E-state index in [0.29, 0.717) is 5.56 Å². The van der Waals surface area contributed by atoms with E-state index in [4.69, 9.17) is 9.47 Å². The maximum atomic E-state index is 9.23. The lowest BCUT2D eigenvalue weighted by Gasteiger charge is -2.29. The van der Waals surface area contributed by atoms with Gasteiger partial charge in [-0.3, -0.25) is 0 Å². The van der Waals surface area contributed by atoms with Crippen LogP contribution < -0.4 is 9.64 Å². The quantitative estimate of drug-likeness (QED) is 0.428. The number of nitriles is 1. The number of benzene rings is 3. The number of anilines is 1. The molecule has 170 valence electrons. The molecule has 1 fully saturated rings. The third-order valence-corrected chi connectivity index (χ3v) is 6.80. The Morgan fingerprint density at radius 1 is 1.00 bits per heavy atom. The molecule has 3 aromatic carbocycles. The Bertz CT molecular complexity index is 1380. The molecule has 0 spiro atoms. The van der Waals surface area contributed by atoms with Gasteiger partial charge in [-0.25, -0.2) is 4.68 Å². The second kappa shape index (κ2) is 8.85. The van der Waals surface area contributed by atoms with Crippen LogP contribution in [0.5, 0.6) is 5.75 Å². The Kier molecular flexibility index (Phi) is 5.40. The molecule has 6 rings (SSSR count). The number of ether oxygens (including phenoxy) is 2. The van der Waals surface area contributed by atoms with Crippen LogP contribution in [0.25, 0.3) is 16.6 Å². The molecule has 0 radical (unpaired) electrons. The molecule has 1 saturated heterocycles. The first-order valence-corrected chi connectivity index (χ1v) is 11.9. The third-order valence-electron chi connectivity index (χ3n) is 6.80. The maximum absolute atomic E-state index is 9.23. The summed E-state index contributed by atoms with van der Waals surface area (Å²) in [6, 6.07) is 22.9. The standard InChI is InChI=1S/C28H26N4O2/c29-18-20-7-10-26-21(15-20)3-1-6-28(26)34-25-9-8-22-19-30-32(27(22)17-25)24-5-2-4-23(16-24)31-11-13-33-14-12-31/h2,4-5,7-10,15-17,19,28H,1,3,6,11-14H2/t28-/m0/s1. The number of hydrogen-bond acceptors (Lipinski definition) is 5. The molecule has 34 heavy (non-hydrogen) atoms. The summed E-state index contributed by atoms with van der Waals surface area (Å²) >= 11 is 0. The third kappa shape index (κ3) is 3.89. The number of rotatable bonds is 4. The van der Waals surface area contributed by atoms with Gasteiger partial charge in [-0.15, -0.1) is 0 Å². The van der Waals surface area contributed by atoms with Gasteiger partial charge in [0.15, 0.2) is 0 Å². The summed E-state index contributed by atoms with van der Waals surface area (Å²) in [6.45, 7) is 3.33. The van der Waals surface area contributed by atoms with E-state index in [2.05, 4.69) is 58.5 Å². The van der Waals surface area contributed by atoms with E-state index in [1.54, 1.807) is 0 Å². The molecule has 6 nitrogen and oxygen atoms in total. The van der Waals surface area contributed by atoms with Gasteiger partial charge in [0.2, 0.25) is 0 Å². The zero-order valence-electron chi connectivity index (χ0n) is 19.0. The summed E-state index contributed by atoms with van der Waals surface area (Å²) in [5, 5.41) is 15.0. The van der Waals surface area contributed by atoms with Crippen molar-refractivity contribution in [1.82, 2.24) is 9.78 Å². The van der Waals surface area contributed by atoms with Crippen molar-refractivity contribution in [1.29, 1.82) is 5.26 Å². The van der Waals surface area contributed by atoms with Crippen LogP contribution in [0, 0.1) is 11.3 Å². The number of fused-ring (bicyclic) bond motifs is 2. The highest BCUT2D eigenvalue weighted by molar-refractivity contribution is 5.82. The molecule has 6 heteroatoms. The van der Waals surface area contributed by atoms with Gasteiger partial charge in [-0.2, -0.15) is 10.4 Å². The van der Waals surface area contributed by atoms with Crippen molar-refractivity contribution in [2.24, 2.45) is 0 Å². The molecule has 4 aromatic rings. The highest BCUT2D eigenvalue weighted by Gasteiger charge is 2.22. The monoisotopic (exact) mass is 450 g/mol. The highest BCUT2D eigenvalue weighted by Crippen LogP contribution is 2.35. The van der Waals surface area contributed by atoms with E-state index in [9.17, 15) is 5.26 Å². The van der Waals surface area contributed by atoms with E-state index in [1.807, 2.05) is 29.1 Å². The molecule has 1 aromatic heterocycles. The molecule has 0 amide bonds. The molecule has 0 bridgehead atoms. The fraction of sp³-hybridized carbons (Fsp3) is 0.286. The van der Waals surface area contributed by atoms with Crippen molar-refractivity contribution in [3.05, 3.63) is 83.6 Å². The van der Waals surface area contributed by atoms with Crippen LogP contribution >= 0.6 is 0 Å². The predicted octanol–water partition coefficient (Wildman–Crippen LogP) is 5.19. The summed E-state index contributed by atoms with van der Waals surface area (Å²) in [5.74, 6) is 0.834. The minimum atomic E-state index is -0.00466. The normalized spacial score (nSPS) is 17.9. The maximum Gasteiger partial charge on any atom is 0.124 e. The summed E-state index contributed by atoms with van der Waals surface area (Å²) in [5.41, 5.74) is 6.37. The van der Waals surface area contributed by atoms with Crippen LogP contribution in [0.15, 0.2) is 66.9 Å². The van der Waals surface area contributed by atoms with Gasteiger partial charge in [-0.05, 0) is 72.9 Å². The Labute approximate surface area is 198 Å². The molecule has 1 aliphatic carbocycles. The number of nitrogens with zero attached hydrogens (tertiary/aromatic N) is 4. The van der Waals surface area contributed by atoms with Gasteiger partial charge in [0, 0.05) is 30.2 Å². The largest absolute Gasteiger partial charge is 0.486 e. The van der Waals surface area contributed by atoms with Crippen LogP contribution in [-0.2, 0) is 11.2 Å². The summed E-state index contributed by atoms with van der Waals surface area (Å²) in [7, 11) is 0. The van der Waals surface area contributed by atoms with Crippen molar-refractivity contribution in [3.8, 4) is 17.5 Å². The molecule has 1 aliphatic heterocycles. The molecular weight excluding hydrogens is 424 g/mol. The lowest BCUT2D eigenvalue weighted by molar-refractivity contribution is 0.122. The van der Waals surface area contributed by atoms with Gasteiger partial charge in [-0.1, -0.05) is 12.1 Å². The topological polar surface area (TPSA) is 63.3 Å². The Morgan fingerprint density at radius 3 is 2.76 bits per heavy atom. The van der Waals surface area contributed by atoms with Crippen molar-refractivity contribution in [2.75, 3.05) is 31.2 Å². The van der Waals surface area contributed by atoms with E-state index in [1.165, 1.54) is 16.8 Å². The van der Waals surface area contributed by atoms with Gasteiger partial charge in [0.05, 0.1) is 42.2 Å². The minimum absolute atomic E-state index is 0.00466. The Balaban J connectivity index is 1.31. The predicted molar refractivity (Wildman–Crippen MR) is 132 cm³/mol. The van der Waals surface area contributed by atoms with Crippen molar-refractivity contribution in [2.45, 2.75) is 25.4 Å². The first-order valence-electron chi connectivity index (χ1n) is 11.9. The number of aryl methyl sites for hydroxylation is 1. The zero-order valence-corrected chi connectivity index (χ0v) is 19.0. The fourth-order valence-electron chi connectivity index (χ4n) is 5.05. The number of hydrogen-bond donors (Lipinski definition) is 0. The number of aromatic nitrogens is 2. The van der Waals surface area contributed by atoms with Crippen molar-refractivity contribution < 1.29 is 9.47 Å². The SMILES string of the molecule is N#Cc1ccc2c(c1)CCC[C@@H]2Oc1ccc2cnn(-c3cccc(N4CCOCC4)c3)c2c1. The first-order chi connectivity index (χ1) is 16.8. The summed E-state index contributed by atoms with van der Waals surface area (Å²) in [4.78, 5) is 2.35. The van der Waals surface area contributed by atoms with Gasteiger partial charge in [0.1, 0.15) is 11.9 Å². The molecular formula is C28H26N4O2. The lowest BCUT2D eigenvalue weighted by Crippen LogP contribution is -2.36. The van der Waals surface area contributed by atoms with E-state index in [0.717, 1.165) is 67.9 Å². The highest BCUT2D eigenvalue weighted by atomic mass is 16.5. The Hall–Kier alpha value is -3.82. The van der Waals surface area contributed by atoms with Crippen LogP contribution in [0.1, 0.15) is 35.6 Å². The lowest BCUT2D eigenvalue weighted by atomic mass is 9.88. The minimum Gasteiger partial charge on any atom is -0.486 e. The van der Waals surface area contributed by atoms with Crippen molar-refractivity contribution >= 4 is 16.6 Å². The summed E-state index contributed by atoms with van der Waals surface area (Å²) < 4.78 is 14.0. The van der Waals surface area contributed by atoms with Crippen LogP contribution in [-0.4, -0.2) is 36.1 Å². The van der Waals surface area contributed by atoms with Crippen LogP contribution in [0.2, 0.25) is 0 Å². The second-order valence-corrected chi connectivity index (χ2v) is 8.92. The zero-order chi connectivity index (χ0) is 22.9. The average molecular weight is 451 g/mol. The van der Waals surface area contributed by atoms with Gasteiger partial charge < -0.3 is 14.4 Å². The Morgan fingerprint density at radius 2 is 1.88 bits per heavy atom. The van der Waals surface area contributed by atoms with Crippen molar-refractivity contribution in [3.63, 3.8) is 0 Å². The first kappa shape index (κ1) is 20.8. The molecule has 0 unspecified atom stereocenters. The average Bonchev–Trinajstić information content (AvgIpc) is 3.32. The summed E-state index contributed by atoms with van der Waals surface area (Å²) in [6.07, 6.45) is 4.92. The molecule has 1 atom stereocenters. The van der Waals surface area contributed by atoms with Gasteiger partial charge in [0.25, 0.3) is 0 Å². The second-order valence-electron chi connectivity index (χ2n) is 8.92. The smallest absolute Gasteiger partial charge is 0.124 e.